The number of amides is 1. The van der Waals surface area contributed by atoms with E-state index in [4.69, 9.17) is 16.0 Å². The Labute approximate surface area is 178 Å². The normalized spacial score (nSPS) is 15.4. The SMILES string of the molecule is CC1=CC(C)(C)N(C)c2cc(F)c(/C=N\NC(=O)c3cc4cc(Cl)ccc4o3)cc21. The van der Waals surface area contributed by atoms with Crippen LogP contribution in [0.25, 0.3) is 16.5 Å². The van der Waals surface area contributed by atoms with Crippen molar-refractivity contribution in [1.29, 1.82) is 0 Å². The third-order valence-corrected chi connectivity index (χ3v) is 5.64. The second-order valence-electron chi connectivity index (χ2n) is 7.92. The third-order valence-electron chi connectivity index (χ3n) is 5.41. The van der Waals surface area contributed by atoms with E-state index in [2.05, 4.69) is 30.5 Å². The first-order valence-electron chi connectivity index (χ1n) is 9.45. The van der Waals surface area contributed by atoms with Gasteiger partial charge in [0.2, 0.25) is 0 Å². The molecule has 0 saturated heterocycles. The van der Waals surface area contributed by atoms with Gasteiger partial charge < -0.3 is 9.32 Å². The van der Waals surface area contributed by atoms with Gasteiger partial charge in [0.15, 0.2) is 5.76 Å². The average Bonchev–Trinajstić information content (AvgIpc) is 3.10. The molecule has 0 saturated carbocycles. The van der Waals surface area contributed by atoms with Crippen LogP contribution in [0.5, 0.6) is 0 Å². The molecule has 0 atom stereocenters. The van der Waals surface area contributed by atoms with E-state index in [1.54, 1.807) is 30.3 Å². The zero-order chi connectivity index (χ0) is 21.6. The summed E-state index contributed by atoms with van der Waals surface area (Å²) in [6.07, 6.45) is 3.43. The maximum absolute atomic E-state index is 14.7. The Morgan fingerprint density at radius 1 is 1.27 bits per heavy atom. The number of fused-ring (bicyclic) bond motifs is 2. The summed E-state index contributed by atoms with van der Waals surface area (Å²) in [5.41, 5.74) is 5.81. The predicted molar refractivity (Wildman–Crippen MR) is 119 cm³/mol. The highest BCUT2D eigenvalue weighted by molar-refractivity contribution is 6.31. The van der Waals surface area contributed by atoms with E-state index in [1.165, 1.54) is 12.3 Å². The van der Waals surface area contributed by atoms with Gasteiger partial charge in [0.1, 0.15) is 11.4 Å². The predicted octanol–water partition coefficient (Wildman–Crippen LogP) is 5.62. The fourth-order valence-corrected chi connectivity index (χ4v) is 3.81. The Kier molecular flexibility index (Phi) is 4.90. The summed E-state index contributed by atoms with van der Waals surface area (Å²) in [6.45, 7) is 6.16. The number of anilines is 1. The lowest BCUT2D eigenvalue weighted by Crippen LogP contribution is -2.42. The van der Waals surface area contributed by atoms with E-state index < -0.39 is 11.7 Å². The lowest BCUT2D eigenvalue weighted by Gasteiger charge is -2.40. The van der Waals surface area contributed by atoms with Crippen molar-refractivity contribution in [2.24, 2.45) is 5.10 Å². The second kappa shape index (κ2) is 7.29. The summed E-state index contributed by atoms with van der Waals surface area (Å²) >= 11 is 5.95. The van der Waals surface area contributed by atoms with Gasteiger partial charge >= 0.3 is 5.91 Å². The summed E-state index contributed by atoms with van der Waals surface area (Å²) < 4.78 is 20.2. The zero-order valence-corrected chi connectivity index (χ0v) is 17.8. The molecule has 0 fully saturated rings. The smallest absolute Gasteiger partial charge is 0.307 e. The van der Waals surface area contributed by atoms with Gasteiger partial charge in [-0.25, -0.2) is 9.82 Å². The van der Waals surface area contributed by atoms with E-state index in [9.17, 15) is 9.18 Å². The van der Waals surface area contributed by atoms with Crippen molar-refractivity contribution in [2.75, 3.05) is 11.9 Å². The maximum Gasteiger partial charge on any atom is 0.307 e. The third kappa shape index (κ3) is 3.59. The van der Waals surface area contributed by atoms with Crippen LogP contribution in [0.4, 0.5) is 10.1 Å². The van der Waals surface area contributed by atoms with Crippen LogP contribution >= 0.6 is 11.6 Å². The molecule has 2 aromatic carbocycles. The second-order valence-corrected chi connectivity index (χ2v) is 8.36. The first kappa shape index (κ1) is 20.2. The van der Waals surface area contributed by atoms with Crippen molar-refractivity contribution in [3.63, 3.8) is 0 Å². The molecule has 30 heavy (non-hydrogen) atoms. The van der Waals surface area contributed by atoms with Crippen molar-refractivity contribution in [2.45, 2.75) is 26.3 Å². The van der Waals surface area contributed by atoms with Crippen molar-refractivity contribution >= 4 is 46.0 Å². The standard InChI is InChI=1S/C23H21ClFN3O2/c1-13-11-23(2,3)28(4)19-10-18(25)15(8-17(13)19)12-26-27-22(29)21-9-14-7-16(24)5-6-20(14)30-21/h5-12H,1-4H3,(H,27,29)/b26-12-. The number of benzene rings is 2. The van der Waals surface area contributed by atoms with Gasteiger partial charge in [-0.2, -0.15) is 5.10 Å². The van der Waals surface area contributed by atoms with Crippen molar-refractivity contribution in [3.05, 3.63) is 70.2 Å². The number of nitrogens with one attached hydrogen (secondary N) is 1. The lowest BCUT2D eigenvalue weighted by molar-refractivity contribution is 0.0929. The monoisotopic (exact) mass is 425 g/mol. The van der Waals surface area contributed by atoms with Crippen molar-refractivity contribution in [1.82, 2.24) is 5.43 Å². The summed E-state index contributed by atoms with van der Waals surface area (Å²) in [4.78, 5) is 14.3. The largest absolute Gasteiger partial charge is 0.451 e. The molecule has 3 aromatic rings. The minimum Gasteiger partial charge on any atom is -0.451 e. The molecule has 1 aliphatic heterocycles. The van der Waals surface area contributed by atoms with Gasteiger partial charge in [-0.15, -0.1) is 0 Å². The minimum atomic E-state index is -0.533. The molecule has 154 valence electrons. The topological polar surface area (TPSA) is 57.8 Å². The summed E-state index contributed by atoms with van der Waals surface area (Å²) in [6, 6.07) is 9.89. The Balaban J connectivity index is 1.55. The molecule has 1 N–H and O–H groups in total. The quantitative estimate of drug-likeness (QED) is 0.437. The number of halogens is 2. The van der Waals surface area contributed by atoms with Crippen molar-refractivity contribution in [3.8, 4) is 0 Å². The van der Waals surface area contributed by atoms with E-state index in [1.807, 2.05) is 18.9 Å². The van der Waals surface area contributed by atoms with Crippen LogP contribution in [0.1, 0.15) is 42.5 Å². The number of nitrogens with zero attached hydrogens (tertiary/aromatic N) is 2. The van der Waals surface area contributed by atoms with Crippen LogP contribution < -0.4 is 10.3 Å². The summed E-state index contributed by atoms with van der Waals surface area (Å²) in [5.74, 6) is -0.852. The molecule has 1 aliphatic rings. The van der Waals surface area contributed by atoms with Gasteiger partial charge in [0, 0.05) is 34.3 Å². The zero-order valence-electron chi connectivity index (χ0n) is 17.1. The molecule has 4 rings (SSSR count). The van der Waals surface area contributed by atoms with E-state index in [0.717, 1.165) is 16.8 Å². The highest BCUT2D eigenvalue weighted by Crippen LogP contribution is 2.38. The number of hydrazone groups is 1. The number of likely N-dealkylation sites (N-methyl/N-ethyl adjacent to an activating group) is 1. The summed E-state index contributed by atoms with van der Waals surface area (Å²) in [5, 5.41) is 5.17. The number of carbonyl (C=O) groups excluding carboxylic acids is 1. The Bertz CT molecular complexity index is 1230. The minimum absolute atomic E-state index is 0.0953. The van der Waals surface area contributed by atoms with Crippen molar-refractivity contribution < 1.29 is 13.6 Å². The molecular formula is C23H21ClFN3O2. The van der Waals surface area contributed by atoms with Crippen LogP contribution in [-0.4, -0.2) is 24.7 Å². The van der Waals surface area contributed by atoms with Crippen LogP contribution in [0.2, 0.25) is 5.02 Å². The molecular weight excluding hydrogens is 405 g/mol. The number of furan rings is 1. The molecule has 0 bridgehead atoms. The van der Waals surface area contributed by atoms with Gasteiger partial charge in [0.25, 0.3) is 0 Å². The fourth-order valence-electron chi connectivity index (χ4n) is 3.63. The van der Waals surface area contributed by atoms with Gasteiger partial charge in [-0.3, -0.25) is 4.79 Å². The van der Waals surface area contributed by atoms with E-state index in [0.29, 0.717) is 16.0 Å². The molecule has 0 unspecified atom stereocenters. The Morgan fingerprint density at radius 2 is 2.03 bits per heavy atom. The molecule has 7 heteroatoms. The van der Waals surface area contributed by atoms with Gasteiger partial charge in [0.05, 0.1) is 11.8 Å². The highest BCUT2D eigenvalue weighted by atomic mass is 35.5. The molecule has 0 aliphatic carbocycles. The van der Waals surface area contributed by atoms with Crippen LogP contribution in [0.15, 0.2) is 52.0 Å². The molecule has 1 aromatic heterocycles. The number of hydrogen-bond donors (Lipinski definition) is 1. The maximum atomic E-state index is 14.7. The first-order valence-corrected chi connectivity index (χ1v) is 9.83. The van der Waals surface area contributed by atoms with Gasteiger partial charge in [-0.05, 0) is 62.7 Å². The molecule has 0 spiro atoms. The molecule has 0 radical (unpaired) electrons. The fraction of sp³-hybridized carbons (Fsp3) is 0.217. The molecule has 2 heterocycles. The van der Waals surface area contributed by atoms with E-state index >= 15 is 0 Å². The number of rotatable bonds is 3. The van der Waals surface area contributed by atoms with Crippen LogP contribution in [-0.2, 0) is 0 Å². The van der Waals surface area contributed by atoms with E-state index in [-0.39, 0.29) is 16.9 Å². The number of hydrogen-bond acceptors (Lipinski definition) is 4. The lowest BCUT2D eigenvalue weighted by atomic mass is 9.88. The number of carbonyl (C=O) groups is 1. The first-order chi connectivity index (χ1) is 14.2. The molecule has 5 nitrogen and oxygen atoms in total. The van der Waals surface area contributed by atoms with Crippen LogP contribution in [0.3, 0.4) is 0 Å². The molecule has 1 amide bonds. The Morgan fingerprint density at radius 3 is 2.80 bits per heavy atom. The highest BCUT2D eigenvalue weighted by Gasteiger charge is 2.29. The summed E-state index contributed by atoms with van der Waals surface area (Å²) in [7, 11) is 1.94. The average molecular weight is 426 g/mol. The van der Waals surface area contributed by atoms with Gasteiger partial charge in [-0.1, -0.05) is 17.7 Å². The van der Waals surface area contributed by atoms with Crippen LogP contribution in [0, 0.1) is 5.82 Å². The number of allylic oxidation sites excluding steroid dienone is 1. The Hall–Kier alpha value is -3.12.